The number of carbonyl (C=O) groups excluding carboxylic acids is 1. The van der Waals surface area contributed by atoms with Gasteiger partial charge in [0.1, 0.15) is 10.6 Å². The molecule has 2 nitrogen and oxygen atoms in total. The maximum atomic E-state index is 11.7. The first-order valence-electron chi connectivity index (χ1n) is 5.27. The van der Waals surface area contributed by atoms with E-state index in [-0.39, 0.29) is 11.5 Å². The van der Waals surface area contributed by atoms with Gasteiger partial charge >= 0.3 is 0 Å². The summed E-state index contributed by atoms with van der Waals surface area (Å²) in [6.07, 6.45) is 7.10. The van der Waals surface area contributed by atoms with E-state index in [4.69, 9.17) is 11.6 Å². The molecule has 1 aromatic carbocycles. The summed E-state index contributed by atoms with van der Waals surface area (Å²) in [5, 5.41) is 9.25. The number of halogens is 1. The molecule has 0 saturated carbocycles. The molecule has 1 unspecified atom stereocenters. The highest BCUT2D eigenvalue weighted by Crippen LogP contribution is 2.39. The average Bonchev–Trinajstić information content (AvgIpc) is 2.31. The highest BCUT2D eigenvalue weighted by molar-refractivity contribution is 6.43. The molecule has 17 heavy (non-hydrogen) atoms. The van der Waals surface area contributed by atoms with Gasteiger partial charge in [-0.3, -0.25) is 4.79 Å². The number of phenols is 1. The lowest BCUT2D eigenvalue weighted by Gasteiger charge is -2.28. The Morgan fingerprint density at radius 1 is 1.24 bits per heavy atom. The highest BCUT2D eigenvalue weighted by atomic mass is 35.5. The third kappa shape index (κ3) is 2.13. The summed E-state index contributed by atoms with van der Waals surface area (Å²) < 4.78 is 0. The maximum absolute atomic E-state index is 11.7. The third-order valence-electron chi connectivity index (χ3n) is 2.78. The zero-order valence-electron chi connectivity index (χ0n) is 9.35. The van der Waals surface area contributed by atoms with Crippen LogP contribution in [0.25, 0.3) is 5.57 Å². The number of hydrogen-bond acceptors (Lipinski definition) is 2. The van der Waals surface area contributed by atoms with Crippen molar-refractivity contribution >= 4 is 23.0 Å². The lowest BCUT2D eigenvalue weighted by atomic mass is 9.83. The number of rotatable bonds is 2. The molecule has 0 saturated heterocycles. The Morgan fingerprint density at radius 3 is 2.47 bits per heavy atom. The van der Waals surface area contributed by atoms with Gasteiger partial charge in [0, 0.05) is 6.42 Å². The molecule has 1 aliphatic carbocycles. The molecule has 0 aliphatic heterocycles. The first-order chi connectivity index (χ1) is 8.04. The zero-order chi connectivity index (χ0) is 12.5. The Morgan fingerprint density at radius 2 is 1.88 bits per heavy atom. The Balaban J connectivity index is 2.48. The van der Waals surface area contributed by atoms with E-state index >= 15 is 0 Å². The van der Waals surface area contributed by atoms with Crippen molar-refractivity contribution in [2.24, 2.45) is 0 Å². The van der Waals surface area contributed by atoms with Crippen LogP contribution in [-0.4, -0.2) is 15.8 Å². The van der Waals surface area contributed by atoms with Gasteiger partial charge in [0.2, 0.25) is 0 Å². The third-order valence-corrected chi connectivity index (χ3v) is 3.38. The van der Waals surface area contributed by atoms with Crippen LogP contribution >= 0.6 is 11.6 Å². The predicted octanol–water partition coefficient (Wildman–Crippen LogP) is 3.12. The molecule has 0 amide bonds. The second-order valence-electron chi connectivity index (χ2n) is 3.95. The number of Topliss-reactive ketones (excluding diaryl/α,β-unsaturated/α-hetero) is 1. The van der Waals surface area contributed by atoms with Gasteiger partial charge in [-0.25, -0.2) is 0 Å². The molecule has 1 aromatic rings. The highest BCUT2D eigenvalue weighted by Gasteiger charge is 2.37. The fraction of sp³-hybridized carbons (Fsp3) is 0.143. The van der Waals surface area contributed by atoms with Gasteiger partial charge in [0.15, 0.2) is 5.78 Å². The molecule has 0 spiro atoms. The molecule has 1 aliphatic rings. The maximum Gasteiger partial charge on any atom is 0.155 e. The largest absolute Gasteiger partial charge is 0.508 e. The predicted molar refractivity (Wildman–Crippen MR) is 68.8 cm³/mol. The van der Waals surface area contributed by atoms with Crippen molar-refractivity contribution in [2.45, 2.75) is 11.8 Å². The fourth-order valence-corrected chi connectivity index (χ4v) is 2.05. The number of carbonyl (C=O) groups is 1. The van der Waals surface area contributed by atoms with Crippen molar-refractivity contribution in [1.29, 1.82) is 0 Å². The molecule has 1 atom stereocenters. The number of ketones is 1. The van der Waals surface area contributed by atoms with E-state index in [1.54, 1.807) is 36.8 Å². The van der Waals surface area contributed by atoms with E-state index in [1.807, 2.05) is 12.2 Å². The van der Waals surface area contributed by atoms with Crippen LogP contribution < -0.4 is 0 Å². The average molecular weight is 248 g/mol. The van der Waals surface area contributed by atoms with E-state index in [0.29, 0.717) is 0 Å². The molecule has 1 radical (unpaired) electrons. The van der Waals surface area contributed by atoms with Crippen LogP contribution in [0, 0.1) is 6.42 Å². The summed E-state index contributed by atoms with van der Waals surface area (Å²) >= 11 is 6.36. The van der Waals surface area contributed by atoms with Crippen LogP contribution in [0.5, 0.6) is 5.75 Å². The molecule has 0 bridgehead atoms. The minimum atomic E-state index is -1.11. The normalized spacial score (nSPS) is 23.3. The van der Waals surface area contributed by atoms with Crippen molar-refractivity contribution < 1.29 is 9.90 Å². The van der Waals surface area contributed by atoms with Gasteiger partial charge < -0.3 is 5.11 Å². The molecule has 87 valence electrons. The van der Waals surface area contributed by atoms with E-state index in [0.717, 1.165) is 11.1 Å². The smallest absolute Gasteiger partial charge is 0.155 e. The molecule has 3 heteroatoms. The molecule has 0 heterocycles. The summed E-state index contributed by atoms with van der Waals surface area (Å²) in [6.45, 7) is 1.47. The van der Waals surface area contributed by atoms with Crippen molar-refractivity contribution in [2.75, 3.05) is 0 Å². The van der Waals surface area contributed by atoms with Gasteiger partial charge in [-0.2, -0.15) is 0 Å². The summed E-state index contributed by atoms with van der Waals surface area (Å²) in [5.74, 6) is 0.0653. The van der Waals surface area contributed by atoms with E-state index in [9.17, 15) is 9.90 Å². The Bertz CT molecular complexity index is 499. The van der Waals surface area contributed by atoms with Crippen molar-refractivity contribution in [3.63, 3.8) is 0 Å². The van der Waals surface area contributed by atoms with Crippen LogP contribution in [0.3, 0.4) is 0 Å². The quantitative estimate of drug-likeness (QED) is 0.816. The van der Waals surface area contributed by atoms with Crippen molar-refractivity contribution in [3.05, 3.63) is 54.5 Å². The number of aromatic hydroxyl groups is 1. The van der Waals surface area contributed by atoms with Crippen LogP contribution in [-0.2, 0) is 4.79 Å². The Hall–Kier alpha value is -1.54. The van der Waals surface area contributed by atoms with Gasteiger partial charge in [-0.1, -0.05) is 30.4 Å². The lowest BCUT2D eigenvalue weighted by Crippen LogP contribution is -2.33. The first kappa shape index (κ1) is 11.9. The van der Waals surface area contributed by atoms with Crippen molar-refractivity contribution in [1.82, 2.24) is 0 Å². The second-order valence-corrected chi connectivity index (χ2v) is 4.54. The molecular formula is C14H12ClO2. The van der Waals surface area contributed by atoms with Crippen LogP contribution in [0.1, 0.15) is 12.5 Å². The van der Waals surface area contributed by atoms with Crippen LogP contribution in [0.2, 0.25) is 0 Å². The zero-order valence-corrected chi connectivity index (χ0v) is 10.1. The van der Waals surface area contributed by atoms with E-state index < -0.39 is 4.87 Å². The van der Waals surface area contributed by atoms with E-state index in [1.165, 1.54) is 6.92 Å². The molecule has 0 aromatic heterocycles. The van der Waals surface area contributed by atoms with Crippen LogP contribution in [0.4, 0.5) is 0 Å². The number of hydrogen-bond donors (Lipinski definition) is 1. The number of phenolic OH excluding ortho intramolecular Hbond substituents is 1. The van der Waals surface area contributed by atoms with Crippen molar-refractivity contribution in [3.8, 4) is 5.75 Å². The summed E-state index contributed by atoms with van der Waals surface area (Å²) in [7, 11) is 0. The number of alkyl halides is 1. The summed E-state index contributed by atoms with van der Waals surface area (Å²) in [6, 6.07) is 6.64. The molecule has 0 fully saturated rings. The van der Waals surface area contributed by atoms with E-state index in [2.05, 4.69) is 0 Å². The van der Waals surface area contributed by atoms with Gasteiger partial charge in [0.25, 0.3) is 0 Å². The Labute approximate surface area is 105 Å². The minimum Gasteiger partial charge on any atom is -0.508 e. The number of benzene rings is 1. The van der Waals surface area contributed by atoms with Crippen LogP contribution in [0.15, 0.2) is 42.5 Å². The second kappa shape index (κ2) is 4.38. The SMILES string of the molecule is CC(=O)C1(Cl)[CH]C=CC=C1c1ccc(O)cc1. The topological polar surface area (TPSA) is 37.3 Å². The Kier molecular flexibility index (Phi) is 3.07. The molecule has 1 N–H and O–H groups in total. The summed E-state index contributed by atoms with van der Waals surface area (Å²) in [4.78, 5) is 10.6. The number of allylic oxidation sites excluding steroid dienone is 4. The summed E-state index contributed by atoms with van der Waals surface area (Å²) in [5.41, 5.74) is 1.56. The monoisotopic (exact) mass is 247 g/mol. The minimum absolute atomic E-state index is 0.122. The standard InChI is InChI=1S/C14H12ClO2/c1-10(16)14(15)9-3-2-4-13(14)11-5-7-12(17)8-6-11/h2-9,17H,1H3. The molecule has 2 rings (SSSR count). The fourth-order valence-electron chi connectivity index (χ4n) is 1.81. The van der Waals surface area contributed by atoms with Gasteiger partial charge in [0.05, 0.1) is 0 Å². The molecular weight excluding hydrogens is 236 g/mol. The lowest BCUT2D eigenvalue weighted by molar-refractivity contribution is -0.117. The van der Waals surface area contributed by atoms with Gasteiger partial charge in [-0.15, -0.1) is 11.6 Å². The van der Waals surface area contributed by atoms with Gasteiger partial charge in [-0.05, 0) is 30.2 Å². The first-order valence-corrected chi connectivity index (χ1v) is 5.64.